The van der Waals surface area contributed by atoms with Gasteiger partial charge in [-0.3, -0.25) is 4.98 Å². The Bertz CT molecular complexity index is 616. The highest BCUT2D eigenvalue weighted by atomic mass is 15.1. The van der Waals surface area contributed by atoms with Gasteiger partial charge in [0, 0.05) is 23.2 Å². The molecule has 0 amide bonds. The van der Waals surface area contributed by atoms with E-state index in [4.69, 9.17) is 0 Å². The number of rotatable bonds is 1. The lowest BCUT2D eigenvalue weighted by Crippen LogP contribution is -1.83. The number of hydrogen-bond donors (Lipinski definition) is 2. The Morgan fingerprint density at radius 2 is 2.13 bits per heavy atom. The molecule has 2 heterocycles. The number of benzene rings is 1. The first-order valence-corrected chi connectivity index (χ1v) is 5.20. The van der Waals surface area contributed by atoms with Gasteiger partial charge in [-0.25, -0.2) is 0 Å². The Labute approximate surface area is 87.5 Å². The maximum atomic E-state index is 4.44. The molecule has 0 aliphatic rings. The zero-order chi connectivity index (χ0) is 10.4. The highest BCUT2D eigenvalue weighted by molar-refractivity contribution is 5.96. The molecule has 3 aromatic rings. The standard InChI is InChI=1S/C12H13N3/c1-7(2)10-6-13-12-3-8-5-14-15-11(8)4-9(10)12/h3-7,14-15H,1-2H3. The highest BCUT2D eigenvalue weighted by Crippen LogP contribution is 2.28. The number of H-pyrrole nitrogens is 2. The van der Waals surface area contributed by atoms with Crippen molar-refractivity contribution in [3.63, 3.8) is 0 Å². The molecule has 0 aliphatic carbocycles. The summed E-state index contributed by atoms with van der Waals surface area (Å²) in [4.78, 5) is 4.44. The summed E-state index contributed by atoms with van der Waals surface area (Å²) in [6.07, 6.45) is 3.94. The summed E-state index contributed by atoms with van der Waals surface area (Å²) >= 11 is 0. The quantitative estimate of drug-likeness (QED) is 0.621. The molecule has 3 heteroatoms. The minimum atomic E-state index is 0.520. The second kappa shape index (κ2) is 2.86. The fourth-order valence-corrected chi connectivity index (χ4v) is 2.03. The Morgan fingerprint density at radius 1 is 1.27 bits per heavy atom. The van der Waals surface area contributed by atoms with E-state index in [1.807, 2.05) is 12.4 Å². The van der Waals surface area contributed by atoms with Gasteiger partial charge in [-0.2, -0.15) is 0 Å². The van der Waals surface area contributed by atoms with Crippen molar-refractivity contribution in [3.8, 4) is 0 Å². The van der Waals surface area contributed by atoms with Crippen molar-refractivity contribution in [3.05, 3.63) is 30.1 Å². The van der Waals surface area contributed by atoms with Crippen molar-refractivity contribution < 1.29 is 0 Å². The van der Waals surface area contributed by atoms with Gasteiger partial charge in [-0.05, 0) is 23.6 Å². The molecule has 0 bridgehead atoms. The zero-order valence-electron chi connectivity index (χ0n) is 8.83. The van der Waals surface area contributed by atoms with E-state index < -0.39 is 0 Å². The predicted octanol–water partition coefficient (Wildman–Crippen LogP) is 3.17. The Balaban J connectivity index is 2.41. The topological polar surface area (TPSA) is 44.5 Å². The van der Waals surface area contributed by atoms with Gasteiger partial charge in [0.15, 0.2) is 0 Å². The van der Waals surface area contributed by atoms with Crippen LogP contribution in [0.1, 0.15) is 25.3 Å². The van der Waals surface area contributed by atoms with Crippen LogP contribution >= 0.6 is 0 Å². The first-order valence-electron chi connectivity index (χ1n) is 5.20. The van der Waals surface area contributed by atoms with Gasteiger partial charge in [0.2, 0.25) is 0 Å². The molecule has 0 unspecified atom stereocenters. The molecule has 1 aromatic carbocycles. The van der Waals surface area contributed by atoms with E-state index in [9.17, 15) is 0 Å². The molecular formula is C12H13N3. The van der Waals surface area contributed by atoms with E-state index in [1.54, 1.807) is 0 Å². The predicted molar refractivity (Wildman–Crippen MR) is 62.0 cm³/mol. The summed E-state index contributed by atoms with van der Waals surface area (Å²) in [5.41, 5.74) is 3.54. The number of hydrogen-bond acceptors (Lipinski definition) is 1. The first-order chi connectivity index (χ1) is 7.25. The van der Waals surface area contributed by atoms with Crippen LogP contribution in [0.25, 0.3) is 21.8 Å². The van der Waals surface area contributed by atoms with Gasteiger partial charge in [0.05, 0.1) is 11.0 Å². The van der Waals surface area contributed by atoms with Crippen LogP contribution in [0.2, 0.25) is 0 Å². The molecule has 2 aromatic heterocycles. The number of fused-ring (bicyclic) bond motifs is 2. The normalized spacial score (nSPS) is 11.9. The first kappa shape index (κ1) is 8.53. The van der Waals surface area contributed by atoms with E-state index in [1.165, 1.54) is 16.3 Å². The molecule has 15 heavy (non-hydrogen) atoms. The SMILES string of the molecule is CC(C)c1cnc2cc3c[nH][nH]c3cc12. The minimum absolute atomic E-state index is 0.520. The fourth-order valence-electron chi connectivity index (χ4n) is 2.03. The molecule has 3 rings (SSSR count). The van der Waals surface area contributed by atoms with Crippen LogP contribution in [-0.4, -0.2) is 15.2 Å². The number of nitrogens with zero attached hydrogens (tertiary/aromatic N) is 1. The van der Waals surface area contributed by atoms with Gasteiger partial charge in [-0.15, -0.1) is 0 Å². The van der Waals surface area contributed by atoms with Crippen LogP contribution in [-0.2, 0) is 0 Å². The Kier molecular flexibility index (Phi) is 1.63. The summed E-state index contributed by atoms with van der Waals surface area (Å²) < 4.78 is 0. The van der Waals surface area contributed by atoms with Crippen LogP contribution in [0.3, 0.4) is 0 Å². The van der Waals surface area contributed by atoms with Crippen molar-refractivity contribution in [1.82, 2.24) is 15.2 Å². The van der Waals surface area contributed by atoms with Crippen LogP contribution in [0.5, 0.6) is 0 Å². The maximum absolute atomic E-state index is 4.44. The Hall–Kier alpha value is -1.77. The van der Waals surface area contributed by atoms with E-state index in [0.717, 1.165) is 11.0 Å². The van der Waals surface area contributed by atoms with E-state index in [2.05, 4.69) is 41.2 Å². The third-order valence-corrected chi connectivity index (χ3v) is 2.88. The van der Waals surface area contributed by atoms with Crippen LogP contribution in [0.4, 0.5) is 0 Å². The second-order valence-electron chi connectivity index (χ2n) is 4.24. The Morgan fingerprint density at radius 3 is 2.93 bits per heavy atom. The lowest BCUT2D eigenvalue weighted by Gasteiger charge is -2.01. The van der Waals surface area contributed by atoms with Crippen LogP contribution in [0.15, 0.2) is 24.5 Å². The van der Waals surface area contributed by atoms with E-state index in [-0.39, 0.29) is 0 Å². The molecule has 0 fully saturated rings. The summed E-state index contributed by atoms with van der Waals surface area (Å²) in [5, 5.41) is 8.55. The average molecular weight is 199 g/mol. The zero-order valence-corrected chi connectivity index (χ0v) is 8.83. The van der Waals surface area contributed by atoms with Crippen LogP contribution in [0, 0.1) is 0 Å². The third kappa shape index (κ3) is 1.16. The third-order valence-electron chi connectivity index (χ3n) is 2.88. The molecule has 2 N–H and O–H groups in total. The summed E-state index contributed by atoms with van der Waals surface area (Å²) in [6, 6.07) is 4.28. The molecular weight excluding hydrogens is 186 g/mol. The van der Waals surface area contributed by atoms with Crippen molar-refractivity contribution >= 4 is 21.8 Å². The molecule has 0 spiro atoms. The van der Waals surface area contributed by atoms with Gasteiger partial charge in [-0.1, -0.05) is 13.8 Å². The summed E-state index contributed by atoms with van der Waals surface area (Å²) in [5.74, 6) is 0.520. The second-order valence-corrected chi connectivity index (χ2v) is 4.24. The molecule has 3 nitrogen and oxygen atoms in total. The van der Waals surface area contributed by atoms with Crippen molar-refractivity contribution in [1.29, 1.82) is 0 Å². The van der Waals surface area contributed by atoms with E-state index >= 15 is 0 Å². The van der Waals surface area contributed by atoms with Crippen LogP contribution < -0.4 is 0 Å². The molecule has 0 radical (unpaired) electrons. The summed E-state index contributed by atoms with van der Waals surface area (Å²) in [7, 11) is 0. The molecule has 0 atom stereocenters. The van der Waals surface area contributed by atoms with Crippen molar-refractivity contribution in [2.24, 2.45) is 0 Å². The molecule has 76 valence electrons. The lowest BCUT2D eigenvalue weighted by molar-refractivity contribution is 0.876. The fraction of sp³-hybridized carbons (Fsp3) is 0.250. The monoisotopic (exact) mass is 199 g/mol. The van der Waals surface area contributed by atoms with E-state index in [0.29, 0.717) is 5.92 Å². The van der Waals surface area contributed by atoms with Gasteiger partial charge >= 0.3 is 0 Å². The maximum Gasteiger partial charge on any atom is 0.0713 e. The number of aromatic nitrogens is 3. The van der Waals surface area contributed by atoms with Gasteiger partial charge < -0.3 is 10.2 Å². The lowest BCUT2D eigenvalue weighted by atomic mass is 10.0. The van der Waals surface area contributed by atoms with Gasteiger partial charge in [0.25, 0.3) is 0 Å². The highest BCUT2D eigenvalue weighted by Gasteiger charge is 2.09. The van der Waals surface area contributed by atoms with Crippen molar-refractivity contribution in [2.75, 3.05) is 0 Å². The smallest absolute Gasteiger partial charge is 0.0713 e. The average Bonchev–Trinajstić information content (AvgIpc) is 2.77. The molecule has 0 aliphatic heterocycles. The molecule has 0 saturated heterocycles. The minimum Gasteiger partial charge on any atom is -0.307 e. The summed E-state index contributed by atoms with van der Waals surface area (Å²) in [6.45, 7) is 4.39. The number of aromatic amines is 2. The number of nitrogens with one attached hydrogen (secondary N) is 2. The largest absolute Gasteiger partial charge is 0.307 e. The van der Waals surface area contributed by atoms with Crippen molar-refractivity contribution in [2.45, 2.75) is 19.8 Å². The molecule has 0 saturated carbocycles. The van der Waals surface area contributed by atoms with Gasteiger partial charge in [0.1, 0.15) is 0 Å².